The third kappa shape index (κ3) is 3.91. The fourth-order valence-electron chi connectivity index (χ4n) is 8.89. The highest BCUT2D eigenvalue weighted by molar-refractivity contribution is 6.14. The first-order valence-electron chi connectivity index (χ1n) is 17.8. The summed E-state index contributed by atoms with van der Waals surface area (Å²) in [6, 6.07) is 66.9. The number of nitrogens with zero attached hydrogens (tertiary/aromatic N) is 1. The quantitative estimate of drug-likeness (QED) is 0.187. The van der Waals surface area contributed by atoms with Gasteiger partial charge in [-0.15, -0.1) is 0 Å². The molecule has 0 saturated heterocycles. The first kappa shape index (κ1) is 28.9. The van der Waals surface area contributed by atoms with Crippen LogP contribution >= 0.6 is 0 Å². The van der Waals surface area contributed by atoms with E-state index in [2.05, 4.69) is 193 Å². The molecule has 3 nitrogen and oxygen atoms in total. The lowest BCUT2D eigenvalue weighted by atomic mass is 9.60. The van der Waals surface area contributed by atoms with Gasteiger partial charge in [0.15, 0.2) is 0 Å². The predicted molar refractivity (Wildman–Crippen MR) is 210 cm³/mol. The van der Waals surface area contributed by atoms with E-state index in [9.17, 15) is 0 Å². The zero-order valence-electron chi connectivity index (χ0n) is 28.2. The van der Waals surface area contributed by atoms with Crippen LogP contribution in [0.1, 0.15) is 22.3 Å². The molecule has 0 amide bonds. The molecular weight excluding hydrogens is 635 g/mol. The number of hydrogen-bond donors (Lipinski definition) is 0. The zero-order valence-corrected chi connectivity index (χ0v) is 28.2. The van der Waals surface area contributed by atoms with Crippen molar-refractivity contribution >= 4 is 21.8 Å². The van der Waals surface area contributed by atoms with Crippen molar-refractivity contribution in [3.8, 4) is 50.9 Å². The topological polar surface area (TPSA) is 23.4 Å². The van der Waals surface area contributed by atoms with Crippen molar-refractivity contribution in [1.82, 2.24) is 4.57 Å². The van der Waals surface area contributed by atoms with Crippen LogP contribution in [-0.2, 0) is 5.41 Å². The van der Waals surface area contributed by atoms with Crippen molar-refractivity contribution in [3.63, 3.8) is 0 Å². The van der Waals surface area contributed by atoms with Gasteiger partial charge in [-0.2, -0.15) is 0 Å². The Hall–Kier alpha value is -6.84. The lowest BCUT2D eigenvalue weighted by Crippen LogP contribution is -2.37. The van der Waals surface area contributed by atoms with E-state index in [-0.39, 0.29) is 0 Å². The van der Waals surface area contributed by atoms with Gasteiger partial charge in [0.1, 0.15) is 23.0 Å². The second-order valence-electron chi connectivity index (χ2n) is 13.6. The minimum Gasteiger partial charge on any atom is -0.457 e. The normalized spacial score (nSPS) is 15.3. The SMILES string of the molecule is c1ccc(-c2cccc3c2Oc2ccccc2C32c3ccccc3Oc3cccc(-c4cccc5c6ccccc6n(-c6ccccc6)c45)c32)cc1. The third-order valence-corrected chi connectivity index (χ3v) is 10.9. The minimum atomic E-state index is -0.762. The molecule has 3 heteroatoms. The van der Waals surface area contributed by atoms with Gasteiger partial charge < -0.3 is 14.0 Å². The Kier molecular flexibility index (Phi) is 6.17. The molecule has 1 aromatic heterocycles. The highest BCUT2D eigenvalue weighted by atomic mass is 16.5. The summed E-state index contributed by atoms with van der Waals surface area (Å²) in [5, 5.41) is 2.43. The molecule has 3 heterocycles. The third-order valence-electron chi connectivity index (χ3n) is 10.9. The maximum absolute atomic E-state index is 7.01. The summed E-state index contributed by atoms with van der Waals surface area (Å²) >= 11 is 0. The summed E-state index contributed by atoms with van der Waals surface area (Å²) in [6.45, 7) is 0. The molecule has 1 spiro atoms. The van der Waals surface area contributed by atoms with Gasteiger partial charge in [0.25, 0.3) is 0 Å². The molecule has 8 aromatic carbocycles. The van der Waals surface area contributed by atoms with Crippen LogP contribution in [0.3, 0.4) is 0 Å². The molecule has 1 unspecified atom stereocenters. The van der Waals surface area contributed by atoms with E-state index in [0.717, 1.165) is 78.7 Å². The monoisotopic (exact) mass is 665 g/mol. The number of para-hydroxylation sites is 6. The van der Waals surface area contributed by atoms with Crippen LogP contribution in [0.4, 0.5) is 0 Å². The van der Waals surface area contributed by atoms with Gasteiger partial charge in [-0.1, -0.05) is 152 Å². The van der Waals surface area contributed by atoms with E-state index in [1.165, 1.54) is 16.3 Å². The Bertz CT molecular complexity index is 2840. The smallest absolute Gasteiger partial charge is 0.140 e. The van der Waals surface area contributed by atoms with Crippen LogP contribution in [0.15, 0.2) is 188 Å². The molecule has 0 saturated carbocycles. The van der Waals surface area contributed by atoms with E-state index in [0.29, 0.717) is 0 Å². The fourth-order valence-corrected chi connectivity index (χ4v) is 8.89. The molecule has 0 radical (unpaired) electrons. The van der Waals surface area contributed by atoms with Gasteiger partial charge >= 0.3 is 0 Å². The largest absolute Gasteiger partial charge is 0.457 e. The van der Waals surface area contributed by atoms with Crippen LogP contribution in [0, 0.1) is 0 Å². The van der Waals surface area contributed by atoms with Gasteiger partial charge in [-0.05, 0) is 47.5 Å². The molecule has 52 heavy (non-hydrogen) atoms. The Morgan fingerprint density at radius 3 is 1.75 bits per heavy atom. The number of hydrogen-bond acceptors (Lipinski definition) is 2. The van der Waals surface area contributed by atoms with E-state index < -0.39 is 5.41 Å². The van der Waals surface area contributed by atoms with E-state index in [1.54, 1.807) is 0 Å². The minimum absolute atomic E-state index is 0.762. The molecule has 1 atom stereocenters. The van der Waals surface area contributed by atoms with E-state index in [4.69, 9.17) is 9.47 Å². The average Bonchev–Trinajstić information content (AvgIpc) is 3.56. The lowest BCUT2D eigenvalue weighted by molar-refractivity contribution is 0.401. The number of fused-ring (bicyclic) bond motifs is 11. The van der Waals surface area contributed by atoms with Crippen molar-refractivity contribution in [3.05, 3.63) is 210 Å². The first-order chi connectivity index (χ1) is 25.8. The highest BCUT2D eigenvalue weighted by Crippen LogP contribution is 2.64. The van der Waals surface area contributed by atoms with Crippen LogP contribution in [-0.4, -0.2) is 4.57 Å². The number of ether oxygens (including phenoxy) is 2. The molecule has 0 aliphatic carbocycles. The van der Waals surface area contributed by atoms with E-state index >= 15 is 0 Å². The molecule has 9 aromatic rings. The molecule has 2 aliphatic heterocycles. The van der Waals surface area contributed by atoms with Gasteiger partial charge in [0, 0.05) is 49.8 Å². The summed E-state index contributed by atoms with van der Waals surface area (Å²) in [7, 11) is 0. The number of benzene rings is 8. The lowest BCUT2D eigenvalue weighted by Gasteiger charge is -2.46. The van der Waals surface area contributed by atoms with Crippen molar-refractivity contribution in [2.45, 2.75) is 5.41 Å². The van der Waals surface area contributed by atoms with E-state index in [1.807, 2.05) is 0 Å². The van der Waals surface area contributed by atoms with Crippen LogP contribution in [0.2, 0.25) is 0 Å². The zero-order chi connectivity index (χ0) is 34.2. The molecule has 0 fully saturated rings. The Morgan fingerprint density at radius 1 is 0.385 bits per heavy atom. The summed E-state index contributed by atoms with van der Waals surface area (Å²) in [5.74, 6) is 3.38. The number of aromatic nitrogens is 1. The Labute approximate surface area is 301 Å². The molecule has 0 N–H and O–H groups in total. The van der Waals surface area contributed by atoms with Crippen LogP contribution < -0.4 is 9.47 Å². The van der Waals surface area contributed by atoms with Crippen molar-refractivity contribution in [2.75, 3.05) is 0 Å². The summed E-state index contributed by atoms with van der Waals surface area (Å²) < 4.78 is 16.4. The second kappa shape index (κ2) is 11.1. The molecule has 2 aliphatic rings. The fraction of sp³-hybridized carbons (Fsp3) is 0.0204. The predicted octanol–water partition coefficient (Wildman–Crippen LogP) is 12.7. The Morgan fingerprint density at radius 2 is 0.942 bits per heavy atom. The van der Waals surface area contributed by atoms with Gasteiger partial charge in [0.2, 0.25) is 0 Å². The molecular formula is C49H31NO2. The maximum Gasteiger partial charge on any atom is 0.140 e. The number of rotatable bonds is 3. The van der Waals surface area contributed by atoms with Gasteiger partial charge in [-0.25, -0.2) is 0 Å². The first-order valence-corrected chi connectivity index (χ1v) is 17.8. The maximum atomic E-state index is 7.01. The van der Waals surface area contributed by atoms with Crippen LogP contribution in [0.25, 0.3) is 49.7 Å². The molecule has 11 rings (SSSR count). The van der Waals surface area contributed by atoms with Crippen molar-refractivity contribution < 1.29 is 9.47 Å². The highest BCUT2D eigenvalue weighted by Gasteiger charge is 2.52. The van der Waals surface area contributed by atoms with Crippen LogP contribution in [0.5, 0.6) is 23.0 Å². The summed E-state index contributed by atoms with van der Waals surface area (Å²) in [5.41, 5.74) is 11.5. The molecule has 0 bridgehead atoms. The van der Waals surface area contributed by atoms with Crippen molar-refractivity contribution in [2.24, 2.45) is 0 Å². The van der Waals surface area contributed by atoms with Gasteiger partial charge in [0.05, 0.1) is 16.4 Å². The molecule has 244 valence electrons. The van der Waals surface area contributed by atoms with Gasteiger partial charge in [-0.3, -0.25) is 0 Å². The standard InChI is InChI=1S/C49H31NO2/c1-3-16-32(17-4-1)34-21-14-27-41-48(34)52-44-30-12-9-26-40(44)49(41)39-25-8-11-29-43(39)51-45-31-15-22-36(46(45)49)38-24-13-23-37-35-20-7-10-28-42(35)50(47(37)38)33-18-5-2-6-19-33/h1-31H. The second-order valence-corrected chi connectivity index (χ2v) is 13.6. The summed E-state index contributed by atoms with van der Waals surface area (Å²) in [6.07, 6.45) is 0. The average molecular weight is 666 g/mol. The Balaban J connectivity index is 1.32. The summed E-state index contributed by atoms with van der Waals surface area (Å²) in [4.78, 5) is 0. The van der Waals surface area contributed by atoms with Crippen molar-refractivity contribution in [1.29, 1.82) is 0 Å².